The predicted molar refractivity (Wildman–Crippen MR) is 73.9 cm³/mol. The van der Waals surface area contributed by atoms with Crippen molar-refractivity contribution in [3.05, 3.63) is 35.4 Å². The van der Waals surface area contributed by atoms with Gasteiger partial charge in [-0.15, -0.1) is 0 Å². The zero-order valence-electron chi connectivity index (χ0n) is 11.5. The van der Waals surface area contributed by atoms with Gasteiger partial charge in [-0.1, -0.05) is 29.8 Å². The summed E-state index contributed by atoms with van der Waals surface area (Å²) in [6.07, 6.45) is -0.677. The first-order valence-corrected chi connectivity index (χ1v) is 6.34. The number of aliphatic hydroxyl groups excluding tert-OH is 1. The van der Waals surface area contributed by atoms with Crippen LogP contribution >= 0.6 is 0 Å². The molecule has 0 spiro atoms. The maximum absolute atomic E-state index is 11.5. The smallest absolute Gasteiger partial charge is 0.234 e. The Hall–Kier alpha value is -1.43. The molecule has 0 heterocycles. The Morgan fingerprint density at radius 3 is 2.68 bits per heavy atom. The summed E-state index contributed by atoms with van der Waals surface area (Å²) in [5.41, 5.74) is 1.94. The number of amides is 1. The van der Waals surface area contributed by atoms with E-state index in [-0.39, 0.29) is 19.0 Å². The number of hydrogen-bond acceptors (Lipinski definition) is 4. The molecular formula is C14H22N2O3. The molecular weight excluding hydrogens is 244 g/mol. The monoisotopic (exact) mass is 266 g/mol. The van der Waals surface area contributed by atoms with E-state index in [1.165, 1.54) is 0 Å². The third-order valence-corrected chi connectivity index (χ3v) is 2.72. The molecule has 1 aromatic rings. The summed E-state index contributed by atoms with van der Waals surface area (Å²) in [4.78, 5) is 11.5. The average Bonchev–Trinajstić information content (AvgIpc) is 2.42. The molecule has 0 bridgehead atoms. The second kappa shape index (κ2) is 8.63. The molecule has 106 valence electrons. The second-order valence-corrected chi connectivity index (χ2v) is 4.40. The highest BCUT2D eigenvalue weighted by Crippen LogP contribution is 2.12. The van der Waals surface area contributed by atoms with Crippen LogP contribution in [0.15, 0.2) is 24.3 Å². The van der Waals surface area contributed by atoms with Gasteiger partial charge in [0.05, 0.1) is 19.3 Å². The number of ether oxygens (including phenoxy) is 1. The molecule has 1 atom stereocenters. The van der Waals surface area contributed by atoms with E-state index in [1.807, 2.05) is 31.2 Å². The molecule has 0 aliphatic rings. The van der Waals surface area contributed by atoms with E-state index in [9.17, 15) is 9.90 Å². The normalized spacial score (nSPS) is 12.2. The van der Waals surface area contributed by atoms with E-state index in [2.05, 4.69) is 10.6 Å². The number of carbonyl (C=O) groups is 1. The predicted octanol–water partition coefficient (Wildman–Crippen LogP) is 0.381. The molecule has 1 rings (SSSR count). The standard InChI is InChI=1S/C14H22N2O3/c1-11-3-5-12(6-4-11)13(17)9-16-14(18)10-15-7-8-19-2/h3-6,13,15,17H,7-10H2,1-2H3,(H,16,18). The molecule has 19 heavy (non-hydrogen) atoms. The molecule has 5 nitrogen and oxygen atoms in total. The lowest BCUT2D eigenvalue weighted by Gasteiger charge is -2.12. The summed E-state index contributed by atoms with van der Waals surface area (Å²) in [6.45, 7) is 3.63. The van der Waals surface area contributed by atoms with Gasteiger partial charge >= 0.3 is 0 Å². The Labute approximate surface area is 114 Å². The van der Waals surface area contributed by atoms with Crippen LogP contribution in [0.4, 0.5) is 0 Å². The maximum Gasteiger partial charge on any atom is 0.234 e. The lowest BCUT2D eigenvalue weighted by molar-refractivity contribution is -0.120. The lowest BCUT2D eigenvalue weighted by atomic mass is 10.1. The van der Waals surface area contributed by atoms with Crippen LogP contribution in [-0.4, -0.2) is 44.4 Å². The molecule has 0 radical (unpaired) electrons. The summed E-state index contributed by atoms with van der Waals surface area (Å²) in [7, 11) is 1.61. The molecule has 1 amide bonds. The highest BCUT2D eigenvalue weighted by molar-refractivity contribution is 5.78. The highest BCUT2D eigenvalue weighted by Gasteiger charge is 2.08. The minimum atomic E-state index is -0.677. The van der Waals surface area contributed by atoms with E-state index in [1.54, 1.807) is 7.11 Å². The number of nitrogens with one attached hydrogen (secondary N) is 2. The molecule has 1 unspecified atom stereocenters. The van der Waals surface area contributed by atoms with Gasteiger partial charge in [-0.05, 0) is 12.5 Å². The summed E-state index contributed by atoms with van der Waals surface area (Å²) in [6, 6.07) is 7.60. The Bertz CT molecular complexity index is 379. The van der Waals surface area contributed by atoms with Crippen molar-refractivity contribution in [2.24, 2.45) is 0 Å². The van der Waals surface area contributed by atoms with E-state index in [0.717, 1.165) is 11.1 Å². The number of aliphatic hydroxyl groups is 1. The lowest BCUT2D eigenvalue weighted by Crippen LogP contribution is -2.37. The van der Waals surface area contributed by atoms with Crippen LogP contribution in [-0.2, 0) is 9.53 Å². The average molecular weight is 266 g/mol. The van der Waals surface area contributed by atoms with Crippen LogP contribution in [0.1, 0.15) is 17.2 Å². The van der Waals surface area contributed by atoms with Crippen molar-refractivity contribution in [1.29, 1.82) is 0 Å². The van der Waals surface area contributed by atoms with Gasteiger partial charge in [0, 0.05) is 20.2 Å². The number of benzene rings is 1. The molecule has 3 N–H and O–H groups in total. The quantitative estimate of drug-likeness (QED) is 0.595. The molecule has 0 aromatic heterocycles. The number of aryl methyl sites for hydroxylation is 1. The van der Waals surface area contributed by atoms with E-state index >= 15 is 0 Å². The highest BCUT2D eigenvalue weighted by atomic mass is 16.5. The summed E-state index contributed by atoms with van der Waals surface area (Å²) >= 11 is 0. The first kappa shape index (κ1) is 15.6. The molecule has 0 saturated carbocycles. The molecule has 0 aliphatic carbocycles. The van der Waals surface area contributed by atoms with Gasteiger partial charge in [0.1, 0.15) is 0 Å². The Morgan fingerprint density at radius 1 is 1.37 bits per heavy atom. The minimum Gasteiger partial charge on any atom is -0.387 e. The number of rotatable bonds is 8. The Balaban J connectivity index is 2.24. The van der Waals surface area contributed by atoms with Gasteiger partial charge in [0.15, 0.2) is 0 Å². The Morgan fingerprint density at radius 2 is 2.05 bits per heavy atom. The van der Waals surface area contributed by atoms with Gasteiger partial charge in [-0.25, -0.2) is 0 Å². The second-order valence-electron chi connectivity index (χ2n) is 4.40. The van der Waals surface area contributed by atoms with Crippen molar-refractivity contribution in [1.82, 2.24) is 10.6 Å². The summed E-state index contributed by atoms with van der Waals surface area (Å²) in [5, 5.41) is 15.5. The van der Waals surface area contributed by atoms with Crippen molar-refractivity contribution in [3.8, 4) is 0 Å². The fraction of sp³-hybridized carbons (Fsp3) is 0.500. The molecule has 0 fully saturated rings. The largest absolute Gasteiger partial charge is 0.387 e. The number of methoxy groups -OCH3 is 1. The van der Waals surface area contributed by atoms with Crippen LogP contribution in [0, 0.1) is 6.92 Å². The number of hydrogen-bond donors (Lipinski definition) is 3. The van der Waals surface area contributed by atoms with Gasteiger partial charge in [-0.3, -0.25) is 4.79 Å². The van der Waals surface area contributed by atoms with Crippen LogP contribution in [0.3, 0.4) is 0 Å². The summed E-state index contributed by atoms with van der Waals surface area (Å²) in [5.74, 6) is -0.137. The van der Waals surface area contributed by atoms with Gasteiger partial charge in [0.2, 0.25) is 5.91 Å². The minimum absolute atomic E-state index is 0.137. The van der Waals surface area contributed by atoms with Crippen molar-refractivity contribution < 1.29 is 14.6 Å². The SMILES string of the molecule is COCCNCC(=O)NCC(O)c1ccc(C)cc1. The van der Waals surface area contributed by atoms with Crippen molar-refractivity contribution in [2.45, 2.75) is 13.0 Å². The fourth-order valence-electron chi connectivity index (χ4n) is 1.56. The van der Waals surface area contributed by atoms with Gasteiger partial charge in [0.25, 0.3) is 0 Å². The topological polar surface area (TPSA) is 70.6 Å². The summed E-state index contributed by atoms with van der Waals surface area (Å²) < 4.78 is 4.86. The molecule has 1 aromatic carbocycles. The fourth-order valence-corrected chi connectivity index (χ4v) is 1.56. The zero-order valence-corrected chi connectivity index (χ0v) is 11.5. The Kier molecular flexibility index (Phi) is 7.10. The van der Waals surface area contributed by atoms with Gasteiger partial charge in [-0.2, -0.15) is 0 Å². The molecule has 0 aliphatic heterocycles. The van der Waals surface area contributed by atoms with Crippen molar-refractivity contribution in [3.63, 3.8) is 0 Å². The van der Waals surface area contributed by atoms with Crippen LogP contribution in [0.5, 0.6) is 0 Å². The van der Waals surface area contributed by atoms with E-state index in [4.69, 9.17) is 4.74 Å². The maximum atomic E-state index is 11.5. The van der Waals surface area contributed by atoms with Crippen molar-refractivity contribution in [2.75, 3.05) is 33.4 Å². The van der Waals surface area contributed by atoms with E-state index in [0.29, 0.717) is 13.2 Å². The molecule has 0 saturated heterocycles. The third kappa shape index (κ3) is 6.33. The third-order valence-electron chi connectivity index (χ3n) is 2.72. The zero-order chi connectivity index (χ0) is 14.1. The molecule has 5 heteroatoms. The first-order chi connectivity index (χ1) is 9.13. The van der Waals surface area contributed by atoms with Crippen LogP contribution in [0.2, 0.25) is 0 Å². The van der Waals surface area contributed by atoms with Crippen LogP contribution in [0.25, 0.3) is 0 Å². The van der Waals surface area contributed by atoms with Gasteiger partial charge < -0.3 is 20.5 Å². The number of carbonyl (C=O) groups excluding carboxylic acids is 1. The van der Waals surface area contributed by atoms with Crippen LogP contribution < -0.4 is 10.6 Å². The van der Waals surface area contributed by atoms with Crippen molar-refractivity contribution >= 4 is 5.91 Å². The first-order valence-electron chi connectivity index (χ1n) is 6.34. The van der Waals surface area contributed by atoms with E-state index < -0.39 is 6.10 Å².